The number of rotatable bonds is 6. The number of ketones is 1. The Balaban J connectivity index is 5.13. The van der Waals surface area contributed by atoms with Crippen LogP contribution in [-0.4, -0.2) is 31.6 Å². The van der Waals surface area contributed by atoms with Gasteiger partial charge in [-0.3, -0.25) is 9.59 Å². The fourth-order valence-corrected chi connectivity index (χ4v) is 2.01. The molecule has 0 saturated heterocycles. The van der Waals surface area contributed by atoms with E-state index in [4.69, 9.17) is 9.47 Å². The number of esters is 1. The lowest BCUT2D eigenvalue weighted by Crippen LogP contribution is -2.44. The Bertz CT molecular complexity index is 289. The summed E-state index contributed by atoms with van der Waals surface area (Å²) in [4.78, 5) is 24.3. The summed E-state index contributed by atoms with van der Waals surface area (Å²) in [6, 6.07) is 0. The van der Waals surface area contributed by atoms with Gasteiger partial charge in [-0.25, -0.2) is 0 Å². The first-order valence-electron chi connectivity index (χ1n) is 6.39. The predicted molar refractivity (Wildman–Crippen MR) is 70.2 cm³/mol. The van der Waals surface area contributed by atoms with Crippen molar-refractivity contribution in [1.29, 1.82) is 0 Å². The summed E-state index contributed by atoms with van der Waals surface area (Å²) in [7, 11) is 1.50. The summed E-state index contributed by atoms with van der Waals surface area (Å²) in [5.41, 5.74) is -0.342. The Morgan fingerprint density at radius 1 is 1.17 bits per heavy atom. The second-order valence-electron chi connectivity index (χ2n) is 5.86. The summed E-state index contributed by atoms with van der Waals surface area (Å²) in [5.74, 6) is -1.51. The smallest absolute Gasteiger partial charge is 0.316 e. The highest BCUT2D eigenvalue weighted by molar-refractivity contribution is 6.01. The molecule has 0 rings (SSSR count). The molecule has 4 heteroatoms. The van der Waals surface area contributed by atoms with Crippen molar-refractivity contribution < 1.29 is 19.1 Å². The molecule has 0 amide bonds. The van der Waals surface area contributed by atoms with Gasteiger partial charge in [0.05, 0.1) is 6.61 Å². The molecule has 4 nitrogen and oxygen atoms in total. The van der Waals surface area contributed by atoms with Crippen LogP contribution in [0.5, 0.6) is 0 Å². The fourth-order valence-electron chi connectivity index (χ4n) is 2.01. The summed E-state index contributed by atoms with van der Waals surface area (Å²) >= 11 is 0. The van der Waals surface area contributed by atoms with E-state index < -0.39 is 18.0 Å². The van der Waals surface area contributed by atoms with E-state index in [1.807, 2.05) is 34.6 Å². The minimum Gasteiger partial charge on any atom is -0.465 e. The van der Waals surface area contributed by atoms with Crippen LogP contribution in [0.4, 0.5) is 0 Å². The van der Waals surface area contributed by atoms with Gasteiger partial charge in [0.25, 0.3) is 0 Å². The van der Waals surface area contributed by atoms with Gasteiger partial charge in [-0.1, -0.05) is 34.6 Å². The maximum atomic E-state index is 12.5. The van der Waals surface area contributed by atoms with Crippen LogP contribution in [0.3, 0.4) is 0 Å². The number of hydrogen-bond acceptors (Lipinski definition) is 4. The van der Waals surface area contributed by atoms with Crippen molar-refractivity contribution in [3.8, 4) is 0 Å². The standard InChI is InChI=1S/C14H26O4/c1-8-18-13(16)10(9(2)3)11(15)12(17-7)14(4,5)6/h9-10,12H,8H2,1-7H3. The van der Waals surface area contributed by atoms with Crippen LogP contribution in [0.25, 0.3) is 0 Å². The maximum Gasteiger partial charge on any atom is 0.316 e. The minimum absolute atomic E-state index is 0.100. The second kappa shape index (κ2) is 6.88. The topological polar surface area (TPSA) is 52.6 Å². The van der Waals surface area contributed by atoms with Crippen LogP contribution in [0.1, 0.15) is 41.5 Å². The summed E-state index contributed by atoms with van der Waals surface area (Å²) in [6.45, 7) is 11.5. The van der Waals surface area contributed by atoms with E-state index >= 15 is 0 Å². The summed E-state index contributed by atoms with van der Waals surface area (Å²) < 4.78 is 10.3. The highest BCUT2D eigenvalue weighted by atomic mass is 16.5. The molecule has 0 aliphatic carbocycles. The molecule has 2 unspecified atom stereocenters. The normalized spacial score (nSPS) is 15.3. The van der Waals surface area contributed by atoms with Crippen LogP contribution in [0.2, 0.25) is 0 Å². The van der Waals surface area contributed by atoms with E-state index in [1.54, 1.807) is 6.92 Å². The van der Waals surface area contributed by atoms with Gasteiger partial charge in [0.2, 0.25) is 0 Å². The zero-order valence-electron chi connectivity index (χ0n) is 12.6. The first kappa shape index (κ1) is 17.1. The third kappa shape index (κ3) is 4.41. The van der Waals surface area contributed by atoms with Crippen LogP contribution in [-0.2, 0) is 19.1 Å². The van der Waals surface area contributed by atoms with Crippen molar-refractivity contribution in [2.45, 2.75) is 47.6 Å². The second-order valence-corrected chi connectivity index (χ2v) is 5.86. The van der Waals surface area contributed by atoms with Crippen LogP contribution in [0.15, 0.2) is 0 Å². The van der Waals surface area contributed by atoms with Crippen molar-refractivity contribution in [3.05, 3.63) is 0 Å². The first-order chi connectivity index (χ1) is 8.16. The first-order valence-corrected chi connectivity index (χ1v) is 6.39. The van der Waals surface area contributed by atoms with Gasteiger partial charge in [0, 0.05) is 7.11 Å². The Morgan fingerprint density at radius 3 is 1.94 bits per heavy atom. The molecule has 106 valence electrons. The average Bonchev–Trinajstić information content (AvgIpc) is 2.15. The Morgan fingerprint density at radius 2 is 1.67 bits per heavy atom. The Hall–Kier alpha value is -0.900. The molecule has 0 saturated carbocycles. The lowest BCUT2D eigenvalue weighted by Gasteiger charge is -2.31. The molecular formula is C14H26O4. The van der Waals surface area contributed by atoms with Crippen molar-refractivity contribution in [2.75, 3.05) is 13.7 Å². The van der Waals surface area contributed by atoms with Gasteiger partial charge in [0.1, 0.15) is 12.0 Å². The third-order valence-electron chi connectivity index (χ3n) is 2.79. The third-order valence-corrected chi connectivity index (χ3v) is 2.79. The van der Waals surface area contributed by atoms with Crippen molar-refractivity contribution in [2.24, 2.45) is 17.3 Å². The van der Waals surface area contributed by atoms with E-state index in [-0.39, 0.29) is 23.7 Å². The molecule has 2 atom stereocenters. The molecule has 0 aromatic rings. The van der Waals surface area contributed by atoms with E-state index in [0.29, 0.717) is 0 Å². The molecule has 0 heterocycles. The van der Waals surface area contributed by atoms with Crippen LogP contribution >= 0.6 is 0 Å². The van der Waals surface area contributed by atoms with Gasteiger partial charge in [0.15, 0.2) is 5.78 Å². The molecule has 18 heavy (non-hydrogen) atoms. The number of carbonyl (C=O) groups excluding carboxylic acids is 2. The molecule has 0 radical (unpaired) electrons. The van der Waals surface area contributed by atoms with Gasteiger partial charge in [-0.2, -0.15) is 0 Å². The highest BCUT2D eigenvalue weighted by Crippen LogP contribution is 2.28. The van der Waals surface area contributed by atoms with Crippen molar-refractivity contribution >= 4 is 11.8 Å². The number of Topliss-reactive ketones (excluding diaryl/α,β-unsaturated/α-hetero) is 1. The van der Waals surface area contributed by atoms with E-state index in [1.165, 1.54) is 7.11 Å². The average molecular weight is 258 g/mol. The number of hydrogen-bond donors (Lipinski definition) is 0. The quantitative estimate of drug-likeness (QED) is 0.542. The zero-order valence-corrected chi connectivity index (χ0v) is 12.6. The van der Waals surface area contributed by atoms with Crippen molar-refractivity contribution in [3.63, 3.8) is 0 Å². The molecule has 0 aromatic carbocycles. The molecule has 0 aliphatic rings. The predicted octanol–water partition coefficient (Wildman–Crippen LogP) is 2.45. The largest absolute Gasteiger partial charge is 0.465 e. The van der Waals surface area contributed by atoms with Gasteiger partial charge in [-0.15, -0.1) is 0 Å². The van der Waals surface area contributed by atoms with E-state index in [2.05, 4.69) is 0 Å². The molecule has 0 aromatic heterocycles. The molecule has 0 aliphatic heterocycles. The summed E-state index contributed by atoms with van der Waals surface area (Å²) in [6.07, 6.45) is -0.602. The monoisotopic (exact) mass is 258 g/mol. The number of methoxy groups -OCH3 is 1. The Labute approximate surface area is 110 Å². The molecule has 0 fully saturated rings. The van der Waals surface area contributed by atoms with Crippen LogP contribution < -0.4 is 0 Å². The van der Waals surface area contributed by atoms with E-state index in [0.717, 1.165) is 0 Å². The fraction of sp³-hybridized carbons (Fsp3) is 0.857. The lowest BCUT2D eigenvalue weighted by molar-refractivity contribution is -0.158. The van der Waals surface area contributed by atoms with Gasteiger partial charge < -0.3 is 9.47 Å². The molecule has 0 N–H and O–H groups in total. The van der Waals surface area contributed by atoms with Gasteiger partial charge >= 0.3 is 5.97 Å². The molecule has 0 spiro atoms. The van der Waals surface area contributed by atoms with Crippen LogP contribution in [0, 0.1) is 17.3 Å². The zero-order chi connectivity index (χ0) is 14.5. The summed E-state index contributed by atoms with van der Waals surface area (Å²) in [5, 5.41) is 0. The SMILES string of the molecule is CCOC(=O)C(C(=O)C(OC)C(C)(C)C)C(C)C. The lowest BCUT2D eigenvalue weighted by atomic mass is 9.79. The van der Waals surface area contributed by atoms with Crippen molar-refractivity contribution in [1.82, 2.24) is 0 Å². The number of ether oxygens (including phenoxy) is 2. The molecular weight excluding hydrogens is 232 g/mol. The number of carbonyl (C=O) groups is 2. The van der Waals surface area contributed by atoms with E-state index in [9.17, 15) is 9.59 Å². The maximum absolute atomic E-state index is 12.5. The highest BCUT2D eigenvalue weighted by Gasteiger charge is 2.40. The Kier molecular flexibility index (Phi) is 6.54. The minimum atomic E-state index is -0.755. The molecule has 0 bridgehead atoms. The van der Waals surface area contributed by atoms with Gasteiger partial charge in [-0.05, 0) is 18.3 Å².